The van der Waals surface area contributed by atoms with E-state index in [1.165, 1.54) is 12.0 Å². The van der Waals surface area contributed by atoms with Crippen LogP contribution in [0.25, 0.3) is 0 Å². The lowest BCUT2D eigenvalue weighted by Crippen LogP contribution is -2.22. The van der Waals surface area contributed by atoms with E-state index in [1.807, 2.05) is 6.07 Å². The fourth-order valence-electron chi connectivity index (χ4n) is 2.84. The Morgan fingerprint density at radius 1 is 1.29 bits per heavy atom. The number of methoxy groups -OCH3 is 2. The van der Waals surface area contributed by atoms with Crippen LogP contribution in [0.4, 0.5) is 5.69 Å². The summed E-state index contributed by atoms with van der Waals surface area (Å²) < 4.78 is 22.1. The van der Waals surface area contributed by atoms with E-state index in [9.17, 15) is 0 Å². The number of rotatable bonds is 8. The summed E-state index contributed by atoms with van der Waals surface area (Å²) >= 11 is 0. The van der Waals surface area contributed by atoms with Crippen LogP contribution in [0.15, 0.2) is 23.8 Å². The Balaban J connectivity index is 1.86. The predicted octanol–water partition coefficient (Wildman–Crippen LogP) is 3.71. The van der Waals surface area contributed by atoms with Crippen LogP contribution in [0, 0.1) is 0 Å². The van der Waals surface area contributed by atoms with Gasteiger partial charge in [-0.05, 0) is 45.1 Å². The van der Waals surface area contributed by atoms with Crippen molar-refractivity contribution in [1.82, 2.24) is 0 Å². The fourth-order valence-corrected chi connectivity index (χ4v) is 2.84. The van der Waals surface area contributed by atoms with Crippen molar-refractivity contribution in [3.63, 3.8) is 0 Å². The zero-order chi connectivity index (χ0) is 17.4. The summed E-state index contributed by atoms with van der Waals surface area (Å²) in [6, 6.07) is 3.76. The molecule has 0 saturated carbocycles. The summed E-state index contributed by atoms with van der Waals surface area (Å²) in [5.41, 5.74) is 8.88. The Bertz CT molecular complexity index is 551. The molecule has 1 aliphatic rings. The SMILES string of the molecule is COc1cc(N)c(OC)c(CC/C=C(\C)COC2CCCCO2)c1. The van der Waals surface area contributed by atoms with Crippen molar-refractivity contribution in [2.75, 3.05) is 33.2 Å². The molecule has 2 N–H and O–H groups in total. The molecule has 1 fully saturated rings. The third kappa shape index (κ3) is 5.42. The van der Waals surface area contributed by atoms with Gasteiger partial charge in [-0.2, -0.15) is 0 Å². The van der Waals surface area contributed by atoms with Crippen molar-refractivity contribution in [2.24, 2.45) is 0 Å². The average molecular weight is 335 g/mol. The van der Waals surface area contributed by atoms with Gasteiger partial charge in [0.15, 0.2) is 6.29 Å². The molecule has 0 amide bonds. The van der Waals surface area contributed by atoms with Gasteiger partial charge in [-0.1, -0.05) is 11.6 Å². The molecule has 1 saturated heterocycles. The molecule has 0 bridgehead atoms. The first-order valence-corrected chi connectivity index (χ1v) is 8.53. The van der Waals surface area contributed by atoms with E-state index in [2.05, 4.69) is 13.0 Å². The molecule has 0 aromatic heterocycles. The van der Waals surface area contributed by atoms with Gasteiger partial charge in [-0.25, -0.2) is 0 Å². The number of nitrogens with two attached hydrogens (primary N) is 1. The molecule has 1 aliphatic heterocycles. The molecule has 0 spiro atoms. The Hall–Kier alpha value is -1.72. The molecule has 0 aliphatic carbocycles. The van der Waals surface area contributed by atoms with Crippen molar-refractivity contribution in [1.29, 1.82) is 0 Å². The maximum atomic E-state index is 6.02. The summed E-state index contributed by atoms with van der Waals surface area (Å²) in [5, 5.41) is 0. The lowest BCUT2D eigenvalue weighted by molar-refractivity contribution is -0.156. The van der Waals surface area contributed by atoms with Gasteiger partial charge in [-0.15, -0.1) is 0 Å². The van der Waals surface area contributed by atoms with Gasteiger partial charge in [0.2, 0.25) is 0 Å². The number of allylic oxidation sites excluding steroid dienone is 1. The molecule has 1 unspecified atom stereocenters. The molecule has 5 heteroatoms. The van der Waals surface area contributed by atoms with Crippen LogP contribution in [0.5, 0.6) is 11.5 Å². The van der Waals surface area contributed by atoms with Crippen LogP contribution in [-0.2, 0) is 15.9 Å². The van der Waals surface area contributed by atoms with Crippen LogP contribution in [0.1, 0.15) is 38.2 Å². The minimum Gasteiger partial charge on any atom is -0.497 e. The minimum absolute atomic E-state index is 0.0413. The third-order valence-corrected chi connectivity index (χ3v) is 4.15. The minimum atomic E-state index is -0.0413. The van der Waals surface area contributed by atoms with Gasteiger partial charge in [-0.3, -0.25) is 0 Å². The largest absolute Gasteiger partial charge is 0.497 e. The zero-order valence-corrected chi connectivity index (χ0v) is 15.0. The second-order valence-corrected chi connectivity index (χ2v) is 6.11. The molecule has 1 aromatic carbocycles. The first-order chi connectivity index (χ1) is 11.6. The predicted molar refractivity (Wildman–Crippen MR) is 95.6 cm³/mol. The van der Waals surface area contributed by atoms with Crippen molar-refractivity contribution >= 4 is 5.69 Å². The third-order valence-electron chi connectivity index (χ3n) is 4.15. The van der Waals surface area contributed by atoms with E-state index < -0.39 is 0 Å². The molecule has 5 nitrogen and oxygen atoms in total. The number of aryl methyl sites for hydroxylation is 1. The van der Waals surface area contributed by atoms with Gasteiger partial charge in [0.05, 0.1) is 26.5 Å². The van der Waals surface area contributed by atoms with Gasteiger partial charge < -0.3 is 24.7 Å². The first-order valence-electron chi connectivity index (χ1n) is 8.53. The quantitative estimate of drug-likeness (QED) is 0.579. The van der Waals surface area contributed by atoms with E-state index in [0.717, 1.165) is 49.4 Å². The molecule has 2 rings (SSSR count). The number of nitrogen functional groups attached to an aromatic ring is 1. The Labute approximate surface area is 144 Å². The Kier molecular flexibility index (Phi) is 7.40. The van der Waals surface area contributed by atoms with Gasteiger partial charge in [0.25, 0.3) is 0 Å². The Morgan fingerprint density at radius 2 is 2.12 bits per heavy atom. The maximum Gasteiger partial charge on any atom is 0.158 e. The van der Waals surface area contributed by atoms with Crippen LogP contribution in [-0.4, -0.2) is 33.7 Å². The van der Waals surface area contributed by atoms with Crippen molar-refractivity contribution in [3.8, 4) is 11.5 Å². The van der Waals surface area contributed by atoms with E-state index in [1.54, 1.807) is 20.3 Å². The lowest BCUT2D eigenvalue weighted by atomic mass is 10.1. The second-order valence-electron chi connectivity index (χ2n) is 6.11. The van der Waals surface area contributed by atoms with E-state index in [4.69, 9.17) is 24.7 Å². The highest BCUT2D eigenvalue weighted by Crippen LogP contribution is 2.32. The summed E-state index contributed by atoms with van der Waals surface area (Å²) in [5.74, 6) is 1.48. The van der Waals surface area contributed by atoms with Gasteiger partial charge >= 0.3 is 0 Å². The van der Waals surface area contributed by atoms with Crippen molar-refractivity contribution in [2.45, 2.75) is 45.3 Å². The summed E-state index contributed by atoms with van der Waals surface area (Å²) in [7, 11) is 3.28. The first kappa shape index (κ1) is 18.6. The second kappa shape index (κ2) is 9.55. The van der Waals surface area contributed by atoms with E-state index in [0.29, 0.717) is 12.3 Å². The molecule has 1 atom stereocenters. The number of benzene rings is 1. The van der Waals surface area contributed by atoms with E-state index >= 15 is 0 Å². The maximum absolute atomic E-state index is 6.02. The summed E-state index contributed by atoms with van der Waals surface area (Å²) in [4.78, 5) is 0. The molecule has 1 aromatic rings. The zero-order valence-electron chi connectivity index (χ0n) is 15.0. The highest BCUT2D eigenvalue weighted by molar-refractivity contribution is 5.60. The molecule has 24 heavy (non-hydrogen) atoms. The molecular formula is C19H29NO4. The molecule has 0 radical (unpaired) electrons. The monoisotopic (exact) mass is 335 g/mol. The smallest absolute Gasteiger partial charge is 0.158 e. The molecular weight excluding hydrogens is 306 g/mol. The normalized spacial score (nSPS) is 18.5. The van der Waals surface area contributed by atoms with Crippen molar-refractivity contribution in [3.05, 3.63) is 29.3 Å². The van der Waals surface area contributed by atoms with Gasteiger partial charge in [0.1, 0.15) is 11.5 Å². The highest BCUT2D eigenvalue weighted by Gasteiger charge is 2.14. The fraction of sp³-hybridized carbons (Fsp3) is 0.579. The van der Waals surface area contributed by atoms with Crippen LogP contribution in [0.3, 0.4) is 0 Å². The summed E-state index contributed by atoms with van der Waals surface area (Å²) in [6.45, 7) is 3.51. The number of ether oxygens (including phenoxy) is 4. The Morgan fingerprint density at radius 3 is 2.79 bits per heavy atom. The highest BCUT2D eigenvalue weighted by atomic mass is 16.7. The lowest BCUT2D eigenvalue weighted by Gasteiger charge is -2.22. The topological polar surface area (TPSA) is 62.9 Å². The standard InChI is InChI=1S/C19H29NO4/c1-14(13-24-18-9-4-5-10-23-18)7-6-8-15-11-16(21-2)12-17(20)19(15)22-3/h7,11-12,18H,4-6,8-10,13,20H2,1-3H3/b14-7+. The average Bonchev–Trinajstić information content (AvgIpc) is 2.60. The molecule has 1 heterocycles. The van der Waals surface area contributed by atoms with Crippen LogP contribution in [0.2, 0.25) is 0 Å². The van der Waals surface area contributed by atoms with E-state index in [-0.39, 0.29) is 6.29 Å². The van der Waals surface area contributed by atoms with Crippen LogP contribution < -0.4 is 15.2 Å². The summed E-state index contributed by atoms with van der Waals surface area (Å²) in [6.07, 6.45) is 7.20. The van der Waals surface area contributed by atoms with Crippen molar-refractivity contribution < 1.29 is 18.9 Å². The number of hydrogen-bond acceptors (Lipinski definition) is 5. The number of anilines is 1. The number of hydrogen-bond donors (Lipinski definition) is 1. The van der Waals surface area contributed by atoms with Gasteiger partial charge in [0, 0.05) is 18.2 Å². The molecule has 134 valence electrons. The van der Waals surface area contributed by atoms with Crippen LogP contribution >= 0.6 is 0 Å².